The topological polar surface area (TPSA) is 101 Å². The monoisotopic (exact) mass is 466 g/mol. The number of hydrogen-bond donors (Lipinski definition) is 2. The number of amides is 2. The lowest BCUT2D eigenvalue weighted by molar-refractivity contribution is -0.136. The molecule has 184 valence electrons. The first-order valence-electron chi connectivity index (χ1n) is 12.5. The summed E-state index contributed by atoms with van der Waals surface area (Å²) in [5, 5.41) is 7.82. The van der Waals surface area contributed by atoms with Crippen molar-refractivity contribution in [2.24, 2.45) is 23.5 Å². The van der Waals surface area contributed by atoms with E-state index in [1.165, 1.54) is 5.56 Å². The van der Waals surface area contributed by atoms with Crippen LogP contribution in [0.2, 0.25) is 0 Å². The third-order valence-corrected chi connectivity index (χ3v) is 7.52. The van der Waals surface area contributed by atoms with Crippen molar-refractivity contribution in [1.29, 1.82) is 0 Å². The molecule has 4 rings (SSSR count). The SMILES string of the molecule is CC(C)(C)c1ccc(-c2cc(C[C@H]3CNCC[C@H]3CC(=O)N3CCC(C(N)=O)CC3)no2)cc1. The van der Waals surface area contributed by atoms with Gasteiger partial charge in [0.25, 0.3) is 0 Å². The quantitative estimate of drug-likeness (QED) is 0.678. The van der Waals surface area contributed by atoms with E-state index in [9.17, 15) is 9.59 Å². The highest BCUT2D eigenvalue weighted by Crippen LogP contribution is 2.30. The average Bonchev–Trinajstić information content (AvgIpc) is 3.28. The molecule has 2 aromatic rings. The second-order valence-corrected chi connectivity index (χ2v) is 11.0. The van der Waals surface area contributed by atoms with Gasteiger partial charge in [-0.1, -0.05) is 50.2 Å². The summed E-state index contributed by atoms with van der Waals surface area (Å²) in [7, 11) is 0. The third-order valence-electron chi connectivity index (χ3n) is 7.52. The number of nitrogens with zero attached hydrogens (tertiary/aromatic N) is 2. The minimum Gasteiger partial charge on any atom is -0.369 e. The molecule has 7 heteroatoms. The zero-order valence-corrected chi connectivity index (χ0v) is 20.7. The molecule has 2 atom stereocenters. The minimum atomic E-state index is -0.248. The van der Waals surface area contributed by atoms with Gasteiger partial charge < -0.3 is 20.5 Å². The number of rotatable bonds is 6. The zero-order chi connectivity index (χ0) is 24.3. The molecule has 2 aliphatic rings. The van der Waals surface area contributed by atoms with E-state index in [1.54, 1.807) is 0 Å². The first-order chi connectivity index (χ1) is 16.2. The van der Waals surface area contributed by atoms with Crippen LogP contribution in [0.5, 0.6) is 0 Å². The normalized spacial score (nSPS) is 22.0. The number of likely N-dealkylation sites (tertiary alicyclic amines) is 1. The number of benzene rings is 1. The molecule has 3 heterocycles. The van der Waals surface area contributed by atoms with Crippen molar-refractivity contribution in [3.8, 4) is 11.3 Å². The maximum Gasteiger partial charge on any atom is 0.222 e. The summed E-state index contributed by atoms with van der Waals surface area (Å²) in [6.45, 7) is 9.68. The number of nitrogens with one attached hydrogen (secondary N) is 1. The van der Waals surface area contributed by atoms with E-state index in [0.29, 0.717) is 44.2 Å². The average molecular weight is 467 g/mol. The van der Waals surface area contributed by atoms with E-state index in [-0.39, 0.29) is 23.1 Å². The van der Waals surface area contributed by atoms with E-state index in [1.807, 2.05) is 11.0 Å². The number of primary amides is 1. The number of piperidine rings is 2. The molecule has 1 aromatic carbocycles. The van der Waals surface area contributed by atoms with Gasteiger partial charge in [-0.2, -0.15) is 0 Å². The van der Waals surface area contributed by atoms with Gasteiger partial charge in [0.2, 0.25) is 11.8 Å². The Labute approximate surface area is 202 Å². The van der Waals surface area contributed by atoms with Crippen molar-refractivity contribution in [2.75, 3.05) is 26.2 Å². The van der Waals surface area contributed by atoms with Crippen LogP contribution in [0.15, 0.2) is 34.9 Å². The molecule has 2 saturated heterocycles. The molecule has 34 heavy (non-hydrogen) atoms. The Bertz CT molecular complexity index is 984. The predicted molar refractivity (Wildman–Crippen MR) is 132 cm³/mol. The van der Waals surface area contributed by atoms with Gasteiger partial charge in [0.1, 0.15) is 0 Å². The fourth-order valence-electron chi connectivity index (χ4n) is 5.20. The van der Waals surface area contributed by atoms with Gasteiger partial charge in [-0.25, -0.2) is 0 Å². The van der Waals surface area contributed by atoms with E-state index in [2.05, 4.69) is 55.5 Å². The van der Waals surface area contributed by atoms with Crippen LogP contribution in [0, 0.1) is 17.8 Å². The van der Waals surface area contributed by atoms with Crippen molar-refractivity contribution < 1.29 is 14.1 Å². The van der Waals surface area contributed by atoms with Crippen LogP contribution in [0.25, 0.3) is 11.3 Å². The van der Waals surface area contributed by atoms with Crippen LogP contribution in [0.4, 0.5) is 0 Å². The van der Waals surface area contributed by atoms with Crippen molar-refractivity contribution in [2.45, 2.75) is 58.3 Å². The van der Waals surface area contributed by atoms with Crippen LogP contribution < -0.4 is 11.1 Å². The predicted octanol–water partition coefficient (Wildman–Crippen LogP) is 3.52. The fourth-order valence-corrected chi connectivity index (χ4v) is 5.20. The minimum absolute atomic E-state index is 0.0956. The van der Waals surface area contributed by atoms with Crippen LogP contribution >= 0.6 is 0 Å². The molecule has 0 radical (unpaired) electrons. The third kappa shape index (κ3) is 5.87. The zero-order valence-electron chi connectivity index (χ0n) is 20.7. The van der Waals surface area contributed by atoms with Gasteiger partial charge in [0, 0.05) is 37.1 Å². The number of carbonyl (C=O) groups is 2. The van der Waals surface area contributed by atoms with E-state index >= 15 is 0 Å². The van der Waals surface area contributed by atoms with E-state index < -0.39 is 0 Å². The Balaban J connectivity index is 1.36. The van der Waals surface area contributed by atoms with Gasteiger partial charge in [-0.15, -0.1) is 0 Å². The number of nitrogens with two attached hydrogens (primary N) is 1. The lowest BCUT2D eigenvalue weighted by Gasteiger charge is -2.35. The molecular weight excluding hydrogens is 428 g/mol. The maximum absolute atomic E-state index is 13.0. The van der Waals surface area contributed by atoms with Crippen molar-refractivity contribution >= 4 is 11.8 Å². The van der Waals surface area contributed by atoms with Gasteiger partial charge in [-0.3, -0.25) is 9.59 Å². The molecule has 0 saturated carbocycles. The summed E-state index contributed by atoms with van der Waals surface area (Å²) < 4.78 is 5.68. The Morgan fingerprint density at radius 3 is 2.47 bits per heavy atom. The summed E-state index contributed by atoms with van der Waals surface area (Å²) >= 11 is 0. The Kier molecular flexibility index (Phi) is 7.41. The first-order valence-corrected chi connectivity index (χ1v) is 12.5. The second kappa shape index (κ2) is 10.3. The van der Waals surface area contributed by atoms with Crippen molar-refractivity contribution in [1.82, 2.24) is 15.4 Å². The molecular formula is C27H38N4O3. The summed E-state index contributed by atoms with van der Waals surface area (Å²) in [5.74, 6) is 1.28. The first kappa shape index (κ1) is 24.5. The summed E-state index contributed by atoms with van der Waals surface area (Å²) in [6, 6.07) is 10.5. The lowest BCUT2D eigenvalue weighted by atomic mass is 9.80. The standard InChI is InChI=1S/C27H38N4O3/c1-27(2,3)22-6-4-18(5-7-22)24-16-23(30-34-24)14-21-17-29-11-8-20(21)15-25(32)31-12-9-19(10-13-31)26(28)33/h4-7,16,19-21,29H,8-15,17H2,1-3H3,(H2,28,33)/t20-,21-/m0/s1. The molecule has 2 aliphatic heterocycles. The molecule has 2 fully saturated rings. The molecule has 0 unspecified atom stereocenters. The van der Waals surface area contributed by atoms with Crippen LogP contribution in [-0.4, -0.2) is 48.0 Å². The smallest absolute Gasteiger partial charge is 0.222 e. The summed E-state index contributed by atoms with van der Waals surface area (Å²) in [6.07, 6.45) is 3.67. The molecule has 3 N–H and O–H groups in total. The molecule has 0 bridgehead atoms. The van der Waals surface area contributed by atoms with Gasteiger partial charge in [0.05, 0.1) is 5.69 Å². The highest BCUT2D eigenvalue weighted by Gasteiger charge is 2.32. The molecule has 0 spiro atoms. The molecule has 0 aliphatic carbocycles. The Morgan fingerprint density at radius 2 is 1.82 bits per heavy atom. The Morgan fingerprint density at radius 1 is 1.12 bits per heavy atom. The van der Waals surface area contributed by atoms with Gasteiger partial charge >= 0.3 is 0 Å². The highest BCUT2D eigenvalue weighted by atomic mass is 16.5. The molecule has 2 amide bonds. The second-order valence-electron chi connectivity index (χ2n) is 11.0. The van der Waals surface area contributed by atoms with Crippen LogP contribution in [0.1, 0.15) is 57.7 Å². The van der Waals surface area contributed by atoms with E-state index in [0.717, 1.165) is 42.9 Å². The number of aromatic nitrogens is 1. The van der Waals surface area contributed by atoms with E-state index in [4.69, 9.17) is 10.3 Å². The van der Waals surface area contributed by atoms with Crippen molar-refractivity contribution in [3.05, 3.63) is 41.6 Å². The highest BCUT2D eigenvalue weighted by molar-refractivity contribution is 5.79. The molecule has 7 nitrogen and oxygen atoms in total. The fraction of sp³-hybridized carbons (Fsp3) is 0.593. The van der Waals surface area contributed by atoms with Gasteiger partial charge in [-0.05, 0) is 61.6 Å². The Hall–Kier alpha value is -2.67. The molecule has 1 aromatic heterocycles. The summed E-state index contributed by atoms with van der Waals surface area (Å²) in [4.78, 5) is 26.3. The lowest BCUT2D eigenvalue weighted by Crippen LogP contribution is -2.44. The van der Waals surface area contributed by atoms with Gasteiger partial charge in [0.15, 0.2) is 5.76 Å². The maximum atomic E-state index is 13.0. The summed E-state index contributed by atoms with van der Waals surface area (Å²) in [5.41, 5.74) is 8.79. The van der Waals surface area contributed by atoms with Crippen molar-refractivity contribution in [3.63, 3.8) is 0 Å². The van der Waals surface area contributed by atoms with Crippen LogP contribution in [0.3, 0.4) is 0 Å². The number of hydrogen-bond acceptors (Lipinski definition) is 5. The largest absolute Gasteiger partial charge is 0.369 e. The van der Waals surface area contributed by atoms with Crippen LogP contribution in [-0.2, 0) is 21.4 Å². The number of carbonyl (C=O) groups excluding carboxylic acids is 2.